The van der Waals surface area contributed by atoms with Gasteiger partial charge >= 0.3 is 11.9 Å². The van der Waals surface area contributed by atoms with E-state index in [1.54, 1.807) is 32.0 Å². The third-order valence-corrected chi connectivity index (χ3v) is 6.47. The summed E-state index contributed by atoms with van der Waals surface area (Å²) in [4.78, 5) is 36.9. The maximum atomic E-state index is 12.9. The number of carbonyl (C=O) groups excluding carboxylic acids is 2. The Labute approximate surface area is 205 Å². The summed E-state index contributed by atoms with van der Waals surface area (Å²) in [5.41, 5.74) is 1.96. The number of carbonyl (C=O) groups is 3. The van der Waals surface area contributed by atoms with Gasteiger partial charge in [-0.3, -0.25) is 4.79 Å². The molecule has 35 heavy (non-hydrogen) atoms. The van der Waals surface area contributed by atoms with Gasteiger partial charge in [0.25, 0.3) is 0 Å². The lowest BCUT2D eigenvalue weighted by atomic mass is 10.0. The normalized spacial score (nSPS) is 10.9. The van der Waals surface area contributed by atoms with Crippen molar-refractivity contribution < 1.29 is 28.6 Å². The third-order valence-electron chi connectivity index (χ3n) is 5.20. The van der Waals surface area contributed by atoms with Crippen molar-refractivity contribution in [3.63, 3.8) is 0 Å². The molecule has 2 heterocycles. The van der Waals surface area contributed by atoms with Crippen molar-refractivity contribution in [2.24, 2.45) is 0 Å². The van der Waals surface area contributed by atoms with Gasteiger partial charge in [0.15, 0.2) is 5.78 Å². The fraction of sp³-hybridized carbons (Fsp3) is 0.192. The zero-order valence-corrected chi connectivity index (χ0v) is 20.0. The minimum absolute atomic E-state index is 0.105. The molecule has 2 aromatic heterocycles. The van der Waals surface area contributed by atoms with Crippen molar-refractivity contribution in [1.82, 2.24) is 0 Å². The minimum atomic E-state index is -1.07. The number of thiophene rings is 1. The molecule has 0 aliphatic heterocycles. The Morgan fingerprint density at radius 2 is 1.91 bits per heavy atom. The quantitative estimate of drug-likeness (QED) is 0.262. The zero-order valence-electron chi connectivity index (χ0n) is 19.2. The number of hydrogen-bond acceptors (Lipinski definition) is 8. The summed E-state index contributed by atoms with van der Waals surface area (Å²) >= 11 is 1.00. The first-order valence-corrected chi connectivity index (χ1v) is 11.3. The highest BCUT2D eigenvalue weighted by molar-refractivity contribution is 7.14. The third kappa shape index (κ3) is 5.37. The van der Waals surface area contributed by atoms with Gasteiger partial charge in [-0.15, -0.1) is 11.3 Å². The molecule has 8 nitrogen and oxygen atoms in total. The number of benzene rings is 1. The van der Waals surface area contributed by atoms with Gasteiger partial charge in [-0.1, -0.05) is 6.07 Å². The highest BCUT2D eigenvalue weighted by Gasteiger charge is 2.23. The molecule has 0 fully saturated rings. The lowest BCUT2D eigenvalue weighted by molar-refractivity contribution is -0.114. The first kappa shape index (κ1) is 25.2. The summed E-state index contributed by atoms with van der Waals surface area (Å²) < 4.78 is 10.8. The molecule has 0 saturated heterocycles. The Morgan fingerprint density at radius 3 is 2.54 bits per heavy atom. The molecule has 0 atom stereocenters. The number of nitriles is 2. The first-order valence-electron chi connectivity index (χ1n) is 10.5. The van der Waals surface area contributed by atoms with Crippen LogP contribution < -0.4 is 0 Å². The molecule has 0 aliphatic rings. The molecule has 1 aromatic carbocycles. The predicted octanol–water partition coefficient (Wildman–Crippen LogP) is 5.09. The van der Waals surface area contributed by atoms with Gasteiger partial charge in [-0.2, -0.15) is 10.5 Å². The second-order valence-electron chi connectivity index (χ2n) is 7.49. The van der Waals surface area contributed by atoms with Crippen molar-refractivity contribution in [3.8, 4) is 23.5 Å². The number of allylic oxidation sites excluding steroid dienone is 1. The highest BCUT2D eigenvalue weighted by atomic mass is 32.1. The van der Waals surface area contributed by atoms with Gasteiger partial charge in [0, 0.05) is 22.9 Å². The van der Waals surface area contributed by atoms with E-state index in [1.165, 1.54) is 18.2 Å². The number of aryl methyl sites for hydroxylation is 1. The highest BCUT2D eigenvalue weighted by Crippen LogP contribution is 2.30. The topological polar surface area (TPSA) is 141 Å². The molecular formula is C26H20N2O6S. The van der Waals surface area contributed by atoms with Gasteiger partial charge in [0.05, 0.1) is 23.3 Å². The number of hydrogen-bond donors (Lipinski definition) is 1. The number of nitrogens with zero attached hydrogens (tertiary/aromatic N) is 2. The van der Waals surface area contributed by atoms with Crippen LogP contribution in [0.25, 0.3) is 17.4 Å². The summed E-state index contributed by atoms with van der Waals surface area (Å²) in [6, 6.07) is 11.7. The van der Waals surface area contributed by atoms with Crippen LogP contribution in [0.1, 0.15) is 54.3 Å². The van der Waals surface area contributed by atoms with E-state index in [9.17, 15) is 30.0 Å². The number of rotatable bonds is 8. The van der Waals surface area contributed by atoms with Crippen LogP contribution in [0.15, 0.2) is 40.3 Å². The van der Waals surface area contributed by atoms with Gasteiger partial charge < -0.3 is 14.3 Å². The summed E-state index contributed by atoms with van der Waals surface area (Å²) in [6.45, 7) is 5.27. The fourth-order valence-electron chi connectivity index (χ4n) is 3.39. The number of carboxylic acids is 1. The van der Waals surface area contributed by atoms with E-state index in [1.807, 2.05) is 19.1 Å². The van der Waals surface area contributed by atoms with Crippen molar-refractivity contribution in [3.05, 3.63) is 73.7 Å². The maximum absolute atomic E-state index is 12.9. The van der Waals surface area contributed by atoms with Crippen LogP contribution in [0.2, 0.25) is 0 Å². The van der Waals surface area contributed by atoms with Gasteiger partial charge in [0.2, 0.25) is 0 Å². The monoisotopic (exact) mass is 488 g/mol. The molecule has 0 radical (unpaired) electrons. The zero-order chi connectivity index (χ0) is 25.7. The van der Waals surface area contributed by atoms with E-state index in [0.717, 1.165) is 16.9 Å². The largest absolute Gasteiger partial charge is 0.478 e. The number of ether oxygens (including phenoxy) is 1. The van der Waals surface area contributed by atoms with E-state index in [2.05, 4.69) is 0 Å². The Kier molecular flexibility index (Phi) is 7.65. The second kappa shape index (κ2) is 10.6. The number of ketones is 1. The SMILES string of the molecule is CCOC(=O)c1sc(CC(=O)/C(C#N)=C/c2ccc(-c3cc(C(=O)O)ccc3C)o2)c(C#N)c1C. The number of aromatic carboxylic acids is 1. The van der Waals surface area contributed by atoms with Crippen molar-refractivity contribution in [2.75, 3.05) is 6.61 Å². The average molecular weight is 489 g/mol. The lowest BCUT2D eigenvalue weighted by Gasteiger charge is -2.04. The van der Waals surface area contributed by atoms with Gasteiger partial charge in [-0.25, -0.2) is 9.59 Å². The maximum Gasteiger partial charge on any atom is 0.348 e. The van der Waals surface area contributed by atoms with E-state index in [0.29, 0.717) is 21.8 Å². The number of Topliss-reactive ketones (excluding diaryl/α,β-unsaturated/α-hetero) is 1. The average Bonchev–Trinajstić information content (AvgIpc) is 3.41. The number of esters is 1. The molecule has 0 amide bonds. The molecule has 0 aliphatic carbocycles. The molecule has 3 rings (SSSR count). The molecule has 176 valence electrons. The van der Waals surface area contributed by atoms with Crippen LogP contribution in [0.4, 0.5) is 0 Å². The summed E-state index contributed by atoms with van der Waals surface area (Å²) in [7, 11) is 0. The van der Waals surface area contributed by atoms with E-state index < -0.39 is 17.7 Å². The summed E-state index contributed by atoms with van der Waals surface area (Å²) in [5.74, 6) is -1.54. The van der Waals surface area contributed by atoms with Crippen LogP contribution in [-0.4, -0.2) is 29.4 Å². The summed E-state index contributed by atoms with van der Waals surface area (Å²) in [6.07, 6.45) is 1.06. The van der Waals surface area contributed by atoms with Crippen molar-refractivity contribution in [2.45, 2.75) is 27.2 Å². The van der Waals surface area contributed by atoms with E-state index >= 15 is 0 Å². The first-order chi connectivity index (χ1) is 16.7. The Morgan fingerprint density at radius 1 is 1.17 bits per heavy atom. The van der Waals surface area contributed by atoms with Crippen LogP contribution in [-0.2, 0) is 16.0 Å². The molecule has 3 aromatic rings. The molecule has 1 N–H and O–H groups in total. The fourth-order valence-corrected chi connectivity index (χ4v) is 4.54. The number of carboxylic acid groups (broad SMARTS) is 1. The molecule has 9 heteroatoms. The van der Waals surface area contributed by atoms with E-state index in [4.69, 9.17) is 9.15 Å². The second-order valence-corrected chi connectivity index (χ2v) is 8.60. The Balaban J connectivity index is 1.89. The molecule has 0 unspecified atom stereocenters. The van der Waals surface area contributed by atoms with Crippen LogP contribution in [0.3, 0.4) is 0 Å². The standard InChI is InChI=1S/C26H20N2O6S/c1-4-33-26(32)24-15(3)20(13-28)23(35-24)11-21(29)17(12-27)9-18-7-8-22(34-18)19-10-16(25(30)31)6-5-14(19)2/h5-10H,4,11H2,1-3H3,(H,30,31)/b17-9+. The minimum Gasteiger partial charge on any atom is -0.478 e. The van der Waals surface area contributed by atoms with Crippen LogP contribution in [0.5, 0.6) is 0 Å². The smallest absolute Gasteiger partial charge is 0.348 e. The predicted molar refractivity (Wildman–Crippen MR) is 128 cm³/mol. The van der Waals surface area contributed by atoms with Gasteiger partial charge in [-0.05, 0) is 56.2 Å². The molecule has 0 bridgehead atoms. The van der Waals surface area contributed by atoms with Crippen LogP contribution in [0, 0.1) is 36.5 Å². The van der Waals surface area contributed by atoms with E-state index in [-0.39, 0.29) is 40.4 Å². The Hall–Kier alpha value is -4.47. The van der Waals surface area contributed by atoms with Crippen LogP contribution >= 0.6 is 11.3 Å². The summed E-state index contributed by atoms with van der Waals surface area (Å²) in [5, 5.41) is 28.3. The van der Waals surface area contributed by atoms with Crippen molar-refractivity contribution in [1.29, 1.82) is 10.5 Å². The molecular weight excluding hydrogens is 468 g/mol. The van der Waals surface area contributed by atoms with Gasteiger partial charge in [0.1, 0.15) is 28.5 Å². The van der Waals surface area contributed by atoms with Crippen molar-refractivity contribution >= 4 is 35.1 Å². The Bertz CT molecular complexity index is 1450. The lowest BCUT2D eigenvalue weighted by Crippen LogP contribution is -2.05. The molecule has 0 spiro atoms. The number of furan rings is 1. The molecule has 0 saturated carbocycles.